The van der Waals surface area contributed by atoms with Gasteiger partial charge in [-0.2, -0.15) is 5.10 Å². The van der Waals surface area contributed by atoms with Crippen LogP contribution in [0.3, 0.4) is 0 Å². The summed E-state index contributed by atoms with van der Waals surface area (Å²) in [6, 6.07) is 0. The van der Waals surface area contributed by atoms with Crippen LogP contribution in [0.2, 0.25) is 0 Å². The van der Waals surface area contributed by atoms with Crippen molar-refractivity contribution in [1.82, 2.24) is 14.7 Å². The number of rotatable bonds is 5. The highest BCUT2D eigenvalue weighted by atomic mass is 16.5. The van der Waals surface area contributed by atoms with Gasteiger partial charge < -0.3 is 9.64 Å². The average molecular weight is 321 g/mol. The SMILES string of the molecule is CCOC(=O)[C@@H]1CCCN(C(=O)c2c(CC)nn(C)c2CC)C1. The van der Waals surface area contributed by atoms with E-state index in [1.54, 1.807) is 16.5 Å². The minimum atomic E-state index is -0.209. The molecular formula is C17H27N3O3. The Bertz CT molecular complexity index is 580. The third-order valence-corrected chi connectivity index (χ3v) is 4.45. The number of aryl methyl sites for hydroxylation is 2. The second-order valence-electron chi connectivity index (χ2n) is 5.94. The van der Waals surface area contributed by atoms with Crippen molar-refractivity contribution in [1.29, 1.82) is 0 Å². The third kappa shape index (κ3) is 3.57. The van der Waals surface area contributed by atoms with E-state index in [1.807, 2.05) is 20.9 Å². The second kappa shape index (κ2) is 7.62. The van der Waals surface area contributed by atoms with Crippen molar-refractivity contribution in [2.75, 3.05) is 19.7 Å². The zero-order valence-electron chi connectivity index (χ0n) is 14.6. The van der Waals surface area contributed by atoms with Crippen LogP contribution in [0.25, 0.3) is 0 Å². The molecule has 0 saturated carbocycles. The molecule has 0 aromatic carbocycles. The lowest BCUT2D eigenvalue weighted by Gasteiger charge is -2.31. The monoisotopic (exact) mass is 321 g/mol. The standard InChI is InChI=1S/C17H27N3O3/c1-5-13-15(14(6-2)19(4)18-13)16(21)20-10-8-9-12(11-20)17(22)23-7-3/h12H,5-11H2,1-4H3/t12-/m1/s1. The molecule has 2 heterocycles. The first-order chi connectivity index (χ1) is 11.0. The van der Waals surface area contributed by atoms with E-state index < -0.39 is 0 Å². The van der Waals surface area contributed by atoms with E-state index in [0.29, 0.717) is 19.7 Å². The molecule has 23 heavy (non-hydrogen) atoms. The molecule has 128 valence electrons. The fraction of sp³-hybridized carbons (Fsp3) is 0.706. The summed E-state index contributed by atoms with van der Waals surface area (Å²) in [5, 5.41) is 4.48. The number of ether oxygens (including phenoxy) is 1. The highest BCUT2D eigenvalue weighted by Crippen LogP contribution is 2.23. The minimum absolute atomic E-state index is 0.000739. The van der Waals surface area contributed by atoms with Gasteiger partial charge >= 0.3 is 5.97 Å². The summed E-state index contributed by atoms with van der Waals surface area (Å²) in [6.45, 7) is 7.36. The Labute approximate surface area is 137 Å². The van der Waals surface area contributed by atoms with Crippen LogP contribution in [0.4, 0.5) is 0 Å². The van der Waals surface area contributed by atoms with Crippen molar-refractivity contribution in [3.63, 3.8) is 0 Å². The number of piperidine rings is 1. The maximum absolute atomic E-state index is 13.0. The second-order valence-corrected chi connectivity index (χ2v) is 5.94. The summed E-state index contributed by atoms with van der Waals surface area (Å²) in [6.07, 6.45) is 3.11. The summed E-state index contributed by atoms with van der Waals surface area (Å²) in [4.78, 5) is 26.8. The van der Waals surface area contributed by atoms with Gasteiger partial charge in [-0.25, -0.2) is 0 Å². The van der Waals surface area contributed by atoms with Gasteiger partial charge in [0, 0.05) is 20.1 Å². The number of hydrogen-bond donors (Lipinski definition) is 0. The van der Waals surface area contributed by atoms with Gasteiger partial charge in [0.1, 0.15) is 0 Å². The Hall–Kier alpha value is -1.85. The third-order valence-electron chi connectivity index (χ3n) is 4.45. The summed E-state index contributed by atoms with van der Waals surface area (Å²) in [5.74, 6) is -0.400. The zero-order chi connectivity index (χ0) is 17.0. The first kappa shape index (κ1) is 17.5. The molecule has 1 aromatic rings. The first-order valence-electron chi connectivity index (χ1n) is 8.54. The Morgan fingerprint density at radius 2 is 2.00 bits per heavy atom. The van der Waals surface area contributed by atoms with E-state index in [2.05, 4.69) is 5.10 Å². The topological polar surface area (TPSA) is 64.4 Å². The molecule has 1 atom stereocenters. The lowest BCUT2D eigenvalue weighted by molar-refractivity contribution is -0.149. The van der Waals surface area contributed by atoms with Crippen molar-refractivity contribution in [3.8, 4) is 0 Å². The predicted molar refractivity (Wildman–Crippen MR) is 87.2 cm³/mol. The number of carbonyl (C=O) groups excluding carboxylic acids is 2. The number of amides is 1. The maximum Gasteiger partial charge on any atom is 0.310 e. The first-order valence-corrected chi connectivity index (χ1v) is 8.54. The van der Waals surface area contributed by atoms with E-state index >= 15 is 0 Å². The van der Waals surface area contributed by atoms with Crippen LogP contribution >= 0.6 is 0 Å². The van der Waals surface area contributed by atoms with Gasteiger partial charge in [0.15, 0.2) is 0 Å². The quantitative estimate of drug-likeness (QED) is 0.778. The van der Waals surface area contributed by atoms with Gasteiger partial charge in [0.05, 0.1) is 29.5 Å². The lowest BCUT2D eigenvalue weighted by atomic mass is 9.97. The molecule has 1 aliphatic rings. The van der Waals surface area contributed by atoms with Gasteiger partial charge in [-0.3, -0.25) is 14.3 Å². The van der Waals surface area contributed by atoms with Gasteiger partial charge in [-0.15, -0.1) is 0 Å². The van der Waals surface area contributed by atoms with Crippen LogP contribution in [0.1, 0.15) is 55.4 Å². The van der Waals surface area contributed by atoms with E-state index in [0.717, 1.165) is 42.6 Å². The van der Waals surface area contributed by atoms with Gasteiger partial charge in [0.25, 0.3) is 5.91 Å². The number of nitrogens with zero attached hydrogens (tertiary/aromatic N) is 3. The maximum atomic E-state index is 13.0. The van der Waals surface area contributed by atoms with Crippen LogP contribution in [-0.2, 0) is 29.4 Å². The molecule has 0 bridgehead atoms. The molecule has 1 aliphatic heterocycles. The summed E-state index contributed by atoms with van der Waals surface area (Å²) in [5.41, 5.74) is 2.53. The fourth-order valence-electron chi connectivity index (χ4n) is 3.29. The normalized spacial score (nSPS) is 18.1. The largest absolute Gasteiger partial charge is 0.466 e. The molecule has 0 N–H and O–H groups in total. The summed E-state index contributed by atoms with van der Waals surface area (Å²) in [7, 11) is 1.88. The van der Waals surface area contributed by atoms with Gasteiger partial charge in [-0.1, -0.05) is 13.8 Å². The van der Waals surface area contributed by atoms with Crippen LogP contribution in [0.5, 0.6) is 0 Å². The Kier molecular flexibility index (Phi) is 5.80. The molecule has 6 nitrogen and oxygen atoms in total. The Morgan fingerprint density at radius 1 is 1.26 bits per heavy atom. The van der Waals surface area contributed by atoms with Crippen molar-refractivity contribution in [2.45, 2.75) is 46.5 Å². The molecule has 0 aliphatic carbocycles. The van der Waals surface area contributed by atoms with E-state index in [9.17, 15) is 9.59 Å². The number of carbonyl (C=O) groups is 2. The lowest BCUT2D eigenvalue weighted by Crippen LogP contribution is -2.43. The predicted octanol–water partition coefficient (Wildman–Crippen LogP) is 1.96. The van der Waals surface area contributed by atoms with Crippen LogP contribution in [0.15, 0.2) is 0 Å². The van der Waals surface area contributed by atoms with Crippen molar-refractivity contribution in [3.05, 3.63) is 17.0 Å². The fourth-order valence-corrected chi connectivity index (χ4v) is 3.29. The molecule has 1 aromatic heterocycles. The Balaban J connectivity index is 2.21. The van der Waals surface area contributed by atoms with E-state index in [1.165, 1.54) is 0 Å². The molecule has 0 unspecified atom stereocenters. The molecule has 6 heteroatoms. The molecule has 1 fully saturated rings. The Morgan fingerprint density at radius 3 is 2.61 bits per heavy atom. The highest BCUT2D eigenvalue weighted by Gasteiger charge is 2.32. The molecule has 0 radical (unpaired) electrons. The van der Waals surface area contributed by atoms with Crippen LogP contribution in [0, 0.1) is 5.92 Å². The summed E-state index contributed by atoms with van der Waals surface area (Å²) < 4.78 is 6.92. The zero-order valence-corrected chi connectivity index (χ0v) is 14.6. The van der Waals surface area contributed by atoms with E-state index in [4.69, 9.17) is 4.74 Å². The van der Waals surface area contributed by atoms with E-state index in [-0.39, 0.29) is 17.8 Å². The minimum Gasteiger partial charge on any atom is -0.466 e. The van der Waals surface area contributed by atoms with Crippen LogP contribution in [-0.4, -0.2) is 46.3 Å². The van der Waals surface area contributed by atoms with Gasteiger partial charge in [0.2, 0.25) is 0 Å². The average Bonchev–Trinajstić information content (AvgIpc) is 2.90. The van der Waals surface area contributed by atoms with Gasteiger partial charge in [-0.05, 0) is 32.6 Å². The highest BCUT2D eigenvalue weighted by molar-refractivity contribution is 5.97. The number of likely N-dealkylation sites (tertiary alicyclic amines) is 1. The molecule has 2 rings (SSSR count). The number of hydrogen-bond acceptors (Lipinski definition) is 4. The van der Waals surface area contributed by atoms with Crippen molar-refractivity contribution in [2.24, 2.45) is 13.0 Å². The molecule has 0 spiro atoms. The number of aromatic nitrogens is 2. The van der Waals surface area contributed by atoms with Crippen LogP contribution < -0.4 is 0 Å². The molecular weight excluding hydrogens is 294 g/mol. The molecule has 1 amide bonds. The van der Waals surface area contributed by atoms with Crippen molar-refractivity contribution < 1.29 is 14.3 Å². The van der Waals surface area contributed by atoms with Crippen molar-refractivity contribution >= 4 is 11.9 Å². The smallest absolute Gasteiger partial charge is 0.310 e. The molecule has 1 saturated heterocycles. The number of esters is 1. The summed E-state index contributed by atoms with van der Waals surface area (Å²) >= 11 is 0.